The Morgan fingerprint density at radius 2 is 1.89 bits per heavy atom. The fourth-order valence-electron chi connectivity index (χ4n) is 1.61. The summed E-state index contributed by atoms with van der Waals surface area (Å²) < 4.78 is 12.8. The topological polar surface area (TPSA) is 66.4 Å². The third kappa shape index (κ3) is 4.35. The summed E-state index contributed by atoms with van der Waals surface area (Å²) in [6.45, 7) is 3.67. The van der Waals surface area contributed by atoms with E-state index in [4.69, 9.17) is 5.11 Å². The highest BCUT2D eigenvalue weighted by molar-refractivity contribution is 5.81. The van der Waals surface area contributed by atoms with E-state index in [1.54, 1.807) is 6.92 Å². The van der Waals surface area contributed by atoms with Crippen LogP contribution in [0.4, 0.5) is 4.39 Å². The summed E-state index contributed by atoms with van der Waals surface area (Å²) in [6.07, 6.45) is 0.695. The summed E-state index contributed by atoms with van der Waals surface area (Å²) in [6, 6.07) is 5.26. The minimum Gasteiger partial charge on any atom is -0.481 e. The highest BCUT2D eigenvalue weighted by atomic mass is 19.1. The van der Waals surface area contributed by atoms with E-state index in [0.29, 0.717) is 12.0 Å². The zero-order chi connectivity index (χ0) is 14.4. The number of carbonyl (C=O) groups excluding carboxylic acids is 1. The van der Waals surface area contributed by atoms with Gasteiger partial charge in [0.15, 0.2) is 0 Å². The van der Waals surface area contributed by atoms with Crippen LogP contribution in [0.15, 0.2) is 24.3 Å². The maximum atomic E-state index is 12.8. The number of halogens is 1. The molecule has 0 aliphatic heterocycles. The summed E-state index contributed by atoms with van der Waals surface area (Å²) >= 11 is 0. The van der Waals surface area contributed by atoms with E-state index in [-0.39, 0.29) is 18.4 Å². The van der Waals surface area contributed by atoms with Gasteiger partial charge in [-0.1, -0.05) is 26.0 Å². The van der Waals surface area contributed by atoms with E-state index < -0.39 is 17.7 Å². The Kier molecular flexibility index (Phi) is 5.48. The summed E-state index contributed by atoms with van der Waals surface area (Å²) in [5.41, 5.74) is 0.471. The molecule has 2 N–H and O–H groups in total. The number of rotatable bonds is 6. The first kappa shape index (κ1) is 15.1. The molecule has 0 saturated heterocycles. The second-order valence-corrected chi connectivity index (χ2v) is 4.50. The van der Waals surface area contributed by atoms with Gasteiger partial charge in [0.2, 0.25) is 5.91 Å². The van der Waals surface area contributed by atoms with Gasteiger partial charge < -0.3 is 10.4 Å². The lowest BCUT2D eigenvalue weighted by Crippen LogP contribution is -2.34. The molecule has 4 nitrogen and oxygen atoms in total. The zero-order valence-electron chi connectivity index (χ0n) is 11.0. The summed E-state index contributed by atoms with van der Waals surface area (Å²) in [4.78, 5) is 22.8. The van der Waals surface area contributed by atoms with Gasteiger partial charge in [0.1, 0.15) is 5.82 Å². The molecule has 0 fully saturated rings. The van der Waals surface area contributed by atoms with Crippen LogP contribution in [0.2, 0.25) is 0 Å². The molecule has 0 aromatic heterocycles. The fraction of sp³-hybridized carbons (Fsp3) is 0.429. The Morgan fingerprint density at radius 1 is 1.32 bits per heavy atom. The molecule has 5 heteroatoms. The lowest BCUT2D eigenvalue weighted by atomic mass is 9.98. The molecule has 104 valence electrons. The van der Waals surface area contributed by atoms with Gasteiger partial charge in [-0.2, -0.15) is 0 Å². The van der Waals surface area contributed by atoms with E-state index in [1.165, 1.54) is 24.3 Å². The number of hydrogen-bond donors (Lipinski definition) is 2. The van der Waals surface area contributed by atoms with Crippen LogP contribution in [0.5, 0.6) is 0 Å². The molecular weight excluding hydrogens is 249 g/mol. The van der Waals surface area contributed by atoms with Crippen molar-refractivity contribution in [2.75, 3.05) is 6.54 Å². The monoisotopic (exact) mass is 267 g/mol. The van der Waals surface area contributed by atoms with Gasteiger partial charge in [0, 0.05) is 12.5 Å². The smallest absolute Gasteiger partial charge is 0.312 e. The number of benzene rings is 1. The zero-order valence-corrected chi connectivity index (χ0v) is 11.0. The molecule has 0 heterocycles. The largest absolute Gasteiger partial charge is 0.481 e. The maximum absolute atomic E-state index is 12.8. The lowest BCUT2D eigenvalue weighted by Gasteiger charge is -2.15. The standard InChI is InChI=1S/C14H18FNO3/c1-3-9(2)13(17)16-8-12(14(18)19)10-4-6-11(15)7-5-10/h4-7,9,12H,3,8H2,1-2H3,(H,16,17)(H,18,19). The van der Waals surface area contributed by atoms with Gasteiger partial charge in [-0.15, -0.1) is 0 Å². The molecule has 1 aromatic carbocycles. The molecule has 0 bridgehead atoms. The van der Waals surface area contributed by atoms with Crippen molar-refractivity contribution in [3.63, 3.8) is 0 Å². The van der Waals surface area contributed by atoms with Crippen molar-refractivity contribution in [3.8, 4) is 0 Å². The second kappa shape index (κ2) is 6.87. The summed E-state index contributed by atoms with van der Waals surface area (Å²) in [5.74, 6) is -2.65. The quantitative estimate of drug-likeness (QED) is 0.830. The maximum Gasteiger partial charge on any atom is 0.312 e. The molecule has 0 radical (unpaired) electrons. The Bertz CT molecular complexity index is 445. The molecule has 1 rings (SSSR count). The molecule has 2 unspecified atom stereocenters. The number of carboxylic acids is 1. The van der Waals surface area contributed by atoms with Crippen molar-refractivity contribution < 1.29 is 19.1 Å². The lowest BCUT2D eigenvalue weighted by molar-refractivity contribution is -0.138. The van der Waals surface area contributed by atoms with Crippen LogP contribution in [0.25, 0.3) is 0 Å². The van der Waals surface area contributed by atoms with Crippen LogP contribution >= 0.6 is 0 Å². The number of amides is 1. The van der Waals surface area contributed by atoms with Gasteiger partial charge in [0.05, 0.1) is 5.92 Å². The van der Waals surface area contributed by atoms with Crippen LogP contribution in [-0.4, -0.2) is 23.5 Å². The van der Waals surface area contributed by atoms with Gasteiger partial charge in [-0.3, -0.25) is 9.59 Å². The molecule has 0 aliphatic carbocycles. The van der Waals surface area contributed by atoms with Crippen molar-refractivity contribution in [1.29, 1.82) is 0 Å². The highest BCUT2D eigenvalue weighted by Gasteiger charge is 2.21. The number of aliphatic carboxylic acids is 1. The molecule has 2 atom stereocenters. The van der Waals surface area contributed by atoms with Gasteiger partial charge >= 0.3 is 5.97 Å². The number of hydrogen-bond acceptors (Lipinski definition) is 2. The molecule has 0 saturated carbocycles. The first-order valence-electron chi connectivity index (χ1n) is 6.21. The van der Waals surface area contributed by atoms with Crippen molar-refractivity contribution in [1.82, 2.24) is 5.32 Å². The Balaban J connectivity index is 2.72. The van der Waals surface area contributed by atoms with Crippen molar-refractivity contribution in [2.45, 2.75) is 26.2 Å². The first-order valence-corrected chi connectivity index (χ1v) is 6.21. The van der Waals surface area contributed by atoms with Crippen molar-refractivity contribution in [3.05, 3.63) is 35.6 Å². The Morgan fingerprint density at radius 3 is 2.37 bits per heavy atom. The van der Waals surface area contributed by atoms with Crippen LogP contribution in [0, 0.1) is 11.7 Å². The van der Waals surface area contributed by atoms with Crippen molar-refractivity contribution in [2.24, 2.45) is 5.92 Å². The SMILES string of the molecule is CCC(C)C(=O)NCC(C(=O)O)c1ccc(F)cc1. The predicted octanol–water partition coefficient (Wildman–Crippen LogP) is 2.16. The summed E-state index contributed by atoms with van der Waals surface area (Å²) in [7, 11) is 0. The van der Waals surface area contributed by atoms with Gasteiger partial charge in [-0.25, -0.2) is 4.39 Å². The highest BCUT2D eigenvalue weighted by Crippen LogP contribution is 2.16. The fourth-order valence-corrected chi connectivity index (χ4v) is 1.61. The molecule has 1 amide bonds. The van der Waals surface area contributed by atoms with E-state index >= 15 is 0 Å². The molecule has 1 aromatic rings. The normalized spacial score (nSPS) is 13.6. The molecule has 0 aliphatic rings. The average molecular weight is 267 g/mol. The third-order valence-electron chi connectivity index (χ3n) is 3.11. The Hall–Kier alpha value is -1.91. The van der Waals surface area contributed by atoms with Gasteiger partial charge in [-0.05, 0) is 24.1 Å². The second-order valence-electron chi connectivity index (χ2n) is 4.50. The minimum atomic E-state index is -1.05. The van der Waals surface area contributed by atoms with E-state index in [0.717, 1.165) is 0 Å². The number of carboxylic acid groups (broad SMARTS) is 1. The summed E-state index contributed by atoms with van der Waals surface area (Å²) in [5, 5.41) is 11.8. The van der Waals surface area contributed by atoms with Crippen LogP contribution < -0.4 is 5.32 Å². The van der Waals surface area contributed by atoms with Gasteiger partial charge in [0.25, 0.3) is 0 Å². The van der Waals surface area contributed by atoms with E-state index in [1.807, 2.05) is 6.92 Å². The number of nitrogens with one attached hydrogen (secondary N) is 1. The van der Waals surface area contributed by atoms with E-state index in [2.05, 4.69) is 5.32 Å². The van der Waals surface area contributed by atoms with Crippen LogP contribution in [0.3, 0.4) is 0 Å². The van der Waals surface area contributed by atoms with Crippen molar-refractivity contribution >= 4 is 11.9 Å². The van der Waals surface area contributed by atoms with Crippen LogP contribution in [0.1, 0.15) is 31.7 Å². The van der Waals surface area contributed by atoms with E-state index in [9.17, 15) is 14.0 Å². The first-order chi connectivity index (χ1) is 8.95. The third-order valence-corrected chi connectivity index (χ3v) is 3.11. The molecule has 0 spiro atoms. The molecular formula is C14H18FNO3. The Labute approximate surface area is 111 Å². The predicted molar refractivity (Wildman–Crippen MR) is 69.2 cm³/mol. The average Bonchev–Trinajstić information content (AvgIpc) is 2.39. The minimum absolute atomic E-state index is 0.00411. The number of carbonyl (C=O) groups is 2. The van der Waals surface area contributed by atoms with Crippen LogP contribution in [-0.2, 0) is 9.59 Å². The molecule has 19 heavy (non-hydrogen) atoms.